The smallest absolute Gasteiger partial charge is 0.246 e. The van der Waals surface area contributed by atoms with Gasteiger partial charge in [0, 0.05) is 32.3 Å². The maximum atomic E-state index is 12.3. The number of carbonyl (C=O) groups excluding carboxylic acids is 1. The van der Waals surface area contributed by atoms with Gasteiger partial charge in [-0.15, -0.1) is 11.3 Å². The Morgan fingerprint density at radius 3 is 2.81 bits per heavy atom. The molecule has 1 amide bonds. The van der Waals surface area contributed by atoms with E-state index in [2.05, 4.69) is 15.0 Å². The van der Waals surface area contributed by atoms with Crippen molar-refractivity contribution in [2.75, 3.05) is 26.2 Å². The van der Waals surface area contributed by atoms with Crippen LogP contribution >= 0.6 is 11.3 Å². The minimum absolute atomic E-state index is 0.00137. The Kier molecular flexibility index (Phi) is 5.17. The lowest BCUT2D eigenvalue weighted by Crippen LogP contribution is -2.47. The lowest BCUT2D eigenvalue weighted by molar-refractivity contribution is -0.127. The topological polar surface area (TPSA) is 75.6 Å². The van der Waals surface area contributed by atoms with Crippen LogP contribution in [0.1, 0.15) is 17.4 Å². The number of aromatic nitrogens is 2. The Morgan fingerprint density at radius 2 is 2.11 bits per heavy atom. The maximum absolute atomic E-state index is 12.3. The van der Waals surface area contributed by atoms with Gasteiger partial charge in [0.1, 0.15) is 11.5 Å². The van der Waals surface area contributed by atoms with E-state index in [-0.39, 0.29) is 5.91 Å². The van der Waals surface area contributed by atoms with Crippen LogP contribution in [0, 0.1) is 6.92 Å². The van der Waals surface area contributed by atoms with Gasteiger partial charge in [0.25, 0.3) is 0 Å². The summed E-state index contributed by atoms with van der Waals surface area (Å²) in [5.41, 5.74) is 0. The zero-order valence-electron chi connectivity index (χ0n) is 15.0. The molecule has 140 valence electrons. The number of carbonyl (C=O) groups is 1. The van der Waals surface area contributed by atoms with Gasteiger partial charge >= 0.3 is 0 Å². The van der Waals surface area contributed by atoms with E-state index in [0.717, 1.165) is 23.7 Å². The second-order valence-corrected chi connectivity index (χ2v) is 7.32. The Bertz CT molecular complexity index is 921. The Hall–Kier alpha value is -2.71. The fourth-order valence-electron chi connectivity index (χ4n) is 2.94. The predicted molar refractivity (Wildman–Crippen MR) is 102 cm³/mol. The van der Waals surface area contributed by atoms with Crippen molar-refractivity contribution >= 4 is 23.3 Å². The molecule has 0 aliphatic carbocycles. The van der Waals surface area contributed by atoms with Crippen LogP contribution in [0.3, 0.4) is 0 Å². The van der Waals surface area contributed by atoms with Gasteiger partial charge in [0.15, 0.2) is 0 Å². The Labute approximate surface area is 160 Å². The second-order valence-electron chi connectivity index (χ2n) is 6.37. The maximum Gasteiger partial charge on any atom is 0.246 e. The summed E-state index contributed by atoms with van der Waals surface area (Å²) in [4.78, 5) is 21.8. The first-order valence-corrected chi connectivity index (χ1v) is 9.67. The summed E-state index contributed by atoms with van der Waals surface area (Å²) in [7, 11) is 0. The molecule has 0 aromatic carbocycles. The van der Waals surface area contributed by atoms with Gasteiger partial charge in [-0.25, -0.2) is 0 Å². The summed E-state index contributed by atoms with van der Waals surface area (Å²) >= 11 is 1.59. The minimum Gasteiger partial charge on any atom is -0.462 e. The lowest BCUT2D eigenvalue weighted by atomic mass is 10.3. The molecule has 0 bridgehead atoms. The number of hydrogen-bond donors (Lipinski definition) is 0. The summed E-state index contributed by atoms with van der Waals surface area (Å²) < 4.78 is 10.8. The summed E-state index contributed by atoms with van der Waals surface area (Å²) in [5.74, 6) is 2.76. The van der Waals surface area contributed by atoms with E-state index in [1.54, 1.807) is 23.5 Å². The van der Waals surface area contributed by atoms with Crippen molar-refractivity contribution in [3.63, 3.8) is 0 Å². The van der Waals surface area contributed by atoms with E-state index in [1.165, 1.54) is 0 Å². The normalized spacial score (nSPS) is 15.7. The average Bonchev–Trinajstić information content (AvgIpc) is 3.42. The van der Waals surface area contributed by atoms with E-state index in [1.807, 2.05) is 41.5 Å². The second kappa shape index (κ2) is 7.89. The highest BCUT2D eigenvalue weighted by Gasteiger charge is 2.21. The van der Waals surface area contributed by atoms with Gasteiger partial charge in [-0.2, -0.15) is 4.98 Å². The van der Waals surface area contributed by atoms with Gasteiger partial charge in [-0.05, 0) is 36.6 Å². The van der Waals surface area contributed by atoms with Crippen molar-refractivity contribution in [3.05, 3.63) is 53.1 Å². The molecule has 0 radical (unpaired) electrons. The van der Waals surface area contributed by atoms with Gasteiger partial charge in [-0.3, -0.25) is 9.69 Å². The van der Waals surface area contributed by atoms with Crippen molar-refractivity contribution in [1.82, 2.24) is 19.9 Å². The number of thiophene rings is 1. The fraction of sp³-hybridized carbons (Fsp3) is 0.316. The van der Waals surface area contributed by atoms with Gasteiger partial charge in [-0.1, -0.05) is 11.2 Å². The first kappa shape index (κ1) is 17.7. The summed E-state index contributed by atoms with van der Waals surface area (Å²) in [6.07, 6.45) is 3.28. The molecule has 0 N–H and O–H groups in total. The average molecular weight is 384 g/mol. The van der Waals surface area contributed by atoms with Crippen molar-refractivity contribution in [1.29, 1.82) is 0 Å². The molecule has 0 unspecified atom stereocenters. The number of rotatable bonds is 5. The zero-order valence-corrected chi connectivity index (χ0v) is 15.8. The van der Waals surface area contributed by atoms with Crippen LogP contribution in [0.2, 0.25) is 0 Å². The third-order valence-electron chi connectivity index (χ3n) is 4.40. The van der Waals surface area contributed by atoms with Gasteiger partial charge in [0.2, 0.25) is 17.6 Å². The molecule has 1 fully saturated rings. The third-order valence-corrected chi connectivity index (χ3v) is 5.27. The predicted octanol–water partition coefficient (Wildman–Crippen LogP) is 3.06. The highest BCUT2D eigenvalue weighted by atomic mass is 32.1. The molecule has 7 nitrogen and oxygen atoms in total. The third kappa shape index (κ3) is 4.35. The van der Waals surface area contributed by atoms with E-state index in [4.69, 9.17) is 8.94 Å². The number of amides is 1. The first-order chi connectivity index (χ1) is 13.2. The standard InChI is InChI=1S/C19H20N4O3S/c1-14-4-5-15(25-14)6-7-18(24)23-10-8-22(9-11-23)13-17-20-19(21-26-17)16-3-2-12-27-16/h2-7,12H,8-11,13H2,1H3/b7-6+. The van der Waals surface area contributed by atoms with E-state index < -0.39 is 0 Å². The van der Waals surface area contributed by atoms with Crippen LogP contribution in [-0.2, 0) is 11.3 Å². The van der Waals surface area contributed by atoms with Crippen molar-refractivity contribution < 1.29 is 13.7 Å². The van der Waals surface area contributed by atoms with Gasteiger partial charge < -0.3 is 13.8 Å². The molecule has 1 aliphatic heterocycles. The molecule has 0 spiro atoms. The van der Waals surface area contributed by atoms with Crippen molar-refractivity contribution in [2.45, 2.75) is 13.5 Å². The number of nitrogens with zero attached hydrogens (tertiary/aromatic N) is 4. The summed E-state index contributed by atoms with van der Waals surface area (Å²) in [6, 6.07) is 7.67. The molecule has 1 saturated heterocycles. The Balaban J connectivity index is 1.27. The van der Waals surface area contributed by atoms with Crippen molar-refractivity contribution in [3.8, 4) is 10.7 Å². The number of piperazine rings is 1. The minimum atomic E-state index is 0.00137. The van der Waals surface area contributed by atoms with Crippen LogP contribution < -0.4 is 0 Å². The SMILES string of the molecule is Cc1ccc(/C=C/C(=O)N2CCN(Cc3nc(-c4cccs4)no3)CC2)o1. The molecule has 0 atom stereocenters. The van der Waals surface area contributed by atoms with E-state index >= 15 is 0 Å². The molecular weight excluding hydrogens is 364 g/mol. The van der Waals surface area contributed by atoms with Crippen LogP contribution in [0.5, 0.6) is 0 Å². The number of hydrogen-bond acceptors (Lipinski definition) is 7. The largest absolute Gasteiger partial charge is 0.462 e. The van der Waals surface area contributed by atoms with Crippen molar-refractivity contribution in [2.24, 2.45) is 0 Å². The highest BCUT2D eigenvalue weighted by Crippen LogP contribution is 2.21. The van der Waals surface area contributed by atoms with Crippen LogP contribution in [0.25, 0.3) is 16.8 Å². The van der Waals surface area contributed by atoms with Crippen LogP contribution in [0.15, 0.2) is 44.7 Å². The lowest BCUT2D eigenvalue weighted by Gasteiger charge is -2.33. The molecule has 3 aromatic heterocycles. The molecule has 0 saturated carbocycles. The molecule has 4 rings (SSSR count). The molecular formula is C19H20N4O3S. The van der Waals surface area contributed by atoms with Crippen LogP contribution in [-0.4, -0.2) is 52.0 Å². The number of furan rings is 1. The first-order valence-electron chi connectivity index (χ1n) is 8.79. The fourth-order valence-corrected chi connectivity index (χ4v) is 3.59. The molecule has 27 heavy (non-hydrogen) atoms. The molecule has 3 aromatic rings. The molecule has 4 heterocycles. The molecule has 1 aliphatic rings. The zero-order chi connectivity index (χ0) is 18.6. The van der Waals surface area contributed by atoms with Gasteiger partial charge in [0.05, 0.1) is 11.4 Å². The quantitative estimate of drug-likeness (QED) is 0.630. The molecule has 8 heteroatoms. The Morgan fingerprint density at radius 1 is 1.26 bits per heavy atom. The summed E-state index contributed by atoms with van der Waals surface area (Å²) in [5, 5.41) is 6.03. The number of aryl methyl sites for hydroxylation is 1. The van der Waals surface area contributed by atoms with E-state index in [9.17, 15) is 4.79 Å². The summed E-state index contributed by atoms with van der Waals surface area (Å²) in [6.45, 7) is 5.37. The van der Waals surface area contributed by atoms with Crippen LogP contribution in [0.4, 0.5) is 0 Å². The monoisotopic (exact) mass is 384 g/mol. The highest BCUT2D eigenvalue weighted by molar-refractivity contribution is 7.13. The van der Waals surface area contributed by atoms with E-state index in [0.29, 0.717) is 37.1 Å².